The number of nitrogens with one attached hydrogen (secondary N) is 1. The van der Waals surface area contributed by atoms with Gasteiger partial charge in [0.2, 0.25) is 5.91 Å². The zero-order valence-electron chi connectivity index (χ0n) is 8.95. The Labute approximate surface area is 89.0 Å². The number of rotatable bonds is 5. The monoisotopic (exact) mass is 214 g/mol. The molecular formula is C10H18N2O3. The molecule has 1 fully saturated rings. The summed E-state index contributed by atoms with van der Waals surface area (Å²) in [6, 6.07) is -0.791. The number of hydrogen-bond donors (Lipinski definition) is 3. The van der Waals surface area contributed by atoms with Crippen molar-refractivity contribution in [2.45, 2.75) is 50.6 Å². The Morgan fingerprint density at radius 2 is 2.13 bits per heavy atom. The van der Waals surface area contributed by atoms with E-state index in [1.54, 1.807) is 6.92 Å². The Morgan fingerprint density at radius 3 is 2.47 bits per heavy atom. The van der Waals surface area contributed by atoms with Crippen molar-refractivity contribution in [2.24, 2.45) is 5.73 Å². The van der Waals surface area contributed by atoms with Crippen molar-refractivity contribution in [3.63, 3.8) is 0 Å². The average molecular weight is 214 g/mol. The summed E-state index contributed by atoms with van der Waals surface area (Å²) in [5.41, 5.74) is 5.50. The van der Waals surface area contributed by atoms with E-state index in [1.807, 2.05) is 0 Å². The van der Waals surface area contributed by atoms with Gasteiger partial charge in [0.25, 0.3) is 0 Å². The molecule has 0 saturated heterocycles. The molecule has 0 aromatic rings. The molecule has 0 spiro atoms. The van der Waals surface area contributed by atoms with E-state index in [4.69, 9.17) is 10.8 Å². The highest BCUT2D eigenvalue weighted by molar-refractivity contribution is 5.84. The third-order valence-corrected chi connectivity index (χ3v) is 2.90. The number of carboxylic acid groups (broad SMARTS) is 1. The van der Waals surface area contributed by atoms with Crippen LogP contribution in [0.2, 0.25) is 0 Å². The maximum atomic E-state index is 11.5. The fourth-order valence-electron chi connectivity index (χ4n) is 1.71. The van der Waals surface area contributed by atoms with Crippen molar-refractivity contribution >= 4 is 11.9 Å². The quantitative estimate of drug-likeness (QED) is 0.611. The van der Waals surface area contributed by atoms with Gasteiger partial charge in [0.15, 0.2) is 0 Å². The Bertz CT molecular complexity index is 261. The van der Waals surface area contributed by atoms with Crippen molar-refractivity contribution in [1.82, 2.24) is 5.32 Å². The highest BCUT2D eigenvalue weighted by atomic mass is 16.4. The summed E-state index contributed by atoms with van der Waals surface area (Å²) in [7, 11) is 0. The highest BCUT2D eigenvalue weighted by Crippen LogP contribution is 2.31. The molecule has 86 valence electrons. The van der Waals surface area contributed by atoms with Crippen molar-refractivity contribution in [3.05, 3.63) is 0 Å². The molecule has 0 radical (unpaired) electrons. The summed E-state index contributed by atoms with van der Waals surface area (Å²) in [5.74, 6) is -1.25. The predicted octanol–water partition coefficient (Wildman–Crippen LogP) is 0.237. The highest BCUT2D eigenvalue weighted by Gasteiger charge is 2.35. The van der Waals surface area contributed by atoms with Gasteiger partial charge in [-0.15, -0.1) is 0 Å². The molecule has 1 atom stereocenters. The molecule has 0 heterocycles. The van der Waals surface area contributed by atoms with Gasteiger partial charge in [-0.05, 0) is 25.7 Å². The van der Waals surface area contributed by atoms with Crippen molar-refractivity contribution in [3.8, 4) is 0 Å². The SMILES string of the molecule is CC[C@@H](NC(=O)CC1(N)CCC1)C(=O)O. The van der Waals surface area contributed by atoms with Gasteiger partial charge >= 0.3 is 5.97 Å². The molecule has 1 aliphatic carbocycles. The number of aliphatic carboxylic acids is 1. The van der Waals surface area contributed by atoms with Gasteiger partial charge in [-0.3, -0.25) is 4.79 Å². The van der Waals surface area contributed by atoms with E-state index in [2.05, 4.69) is 5.32 Å². The fraction of sp³-hybridized carbons (Fsp3) is 0.800. The lowest BCUT2D eigenvalue weighted by molar-refractivity contribution is -0.142. The molecular weight excluding hydrogens is 196 g/mol. The van der Waals surface area contributed by atoms with Gasteiger partial charge in [0.1, 0.15) is 6.04 Å². The largest absolute Gasteiger partial charge is 0.480 e. The minimum absolute atomic E-state index is 0.233. The maximum absolute atomic E-state index is 11.5. The molecule has 1 amide bonds. The smallest absolute Gasteiger partial charge is 0.326 e. The van der Waals surface area contributed by atoms with E-state index in [0.717, 1.165) is 19.3 Å². The number of amides is 1. The number of hydrogen-bond acceptors (Lipinski definition) is 3. The molecule has 0 aromatic carbocycles. The third kappa shape index (κ3) is 3.20. The Balaban J connectivity index is 2.37. The maximum Gasteiger partial charge on any atom is 0.326 e. The van der Waals surface area contributed by atoms with Crippen LogP contribution in [-0.2, 0) is 9.59 Å². The van der Waals surface area contributed by atoms with Gasteiger partial charge in [0, 0.05) is 12.0 Å². The standard InChI is InChI=1S/C10H18N2O3/c1-2-7(9(14)15)12-8(13)6-10(11)4-3-5-10/h7H,2-6,11H2,1H3,(H,12,13)(H,14,15)/t7-/m1/s1. The van der Waals surface area contributed by atoms with Gasteiger partial charge in [-0.25, -0.2) is 4.79 Å². The number of nitrogens with two attached hydrogens (primary N) is 1. The number of carbonyl (C=O) groups excluding carboxylic acids is 1. The molecule has 15 heavy (non-hydrogen) atoms. The van der Waals surface area contributed by atoms with E-state index in [1.165, 1.54) is 0 Å². The first-order valence-corrected chi connectivity index (χ1v) is 5.28. The molecule has 0 aliphatic heterocycles. The lowest BCUT2D eigenvalue weighted by Crippen LogP contribution is -2.51. The Kier molecular flexibility index (Phi) is 3.68. The van der Waals surface area contributed by atoms with Crippen LogP contribution >= 0.6 is 0 Å². The van der Waals surface area contributed by atoms with Crippen LogP contribution in [0.4, 0.5) is 0 Å². The first-order valence-electron chi connectivity index (χ1n) is 5.28. The second-order valence-corrected chi connectivity index (χ2v) is 4.26. The second kappa shape index (κ2) is 4.61. The molecule has 0 unspecified atom stereocenters. The number of carbonyl (C=O) groups is 2. The zero-order valence-corrected chi connectivity index (χ0v) is 8.95. The van der Waals surface area contributed by atoms with Crippen LogP contribution in [0.3, 0.4) is 0 Å². The van der Waals surface area contributed by atoms with Gasteiger partial charge in [0.05, 0.1) is 0 Å². The van der Waals surface area contributed by atoms with E-state index in [9.17, 15) is 9.59 Å². The first-order chi connectivity index (χ1) is 6.97. The predicted molar refractivity (Wildman–Crippen MR) is 55.2 cm³/mol. The number of carboxylic acids is 1. The summed E-state index contributed by atoms with van der Waals surface area (Å²) in [5, 5.41) is 11.2. The minimum atomic E-state index is -0.995. The van der Waals surface area contributed by atoms with Crippen LogP contribution in [0, 0.1) is 0 Å². The molecule has 1 rings (SSSR count). The fourth-order valence-corrected chi connectivity index (χ4v) is 1.71. The Morgan fingerprint density at radius 1 is 1.53 bits per heavy atom. The normalized spacial score (nSPS) is 20.1. The Hall–Kier alpha value is -1.10. The molecule has 0 aromatic heterocycles. The van der Waals surface area contributed by atoms with Crippen LogP contribution in [0.25, 0.3) is 0 Å². The van der Waals surface area contributed by atoms with E-state index in [0.29, 0.717) is 6.42 Å². The third-order valence-electron chi connectivity index (χ3n) is 2.90. The molecule has 1 saturated carbocycles. The van der Waals surface area contributed by atoms with E-state index >= 15 is 0 Å². The topological polar surface area (TPSA) is 92.4 Å². The van der Waals surface area contributed by atoms with Crippen molar-refractivity contribution in [2.75, 3.05) is 0 Å². The lowest BCUT2D eigenvalue weighted by Gasteiger charge is -2.37. The average Bonchev–Trinajstić information content (AvgIpc) is 2.11. The molecule has 0 bridgehead atoms. The first kappa shape index (κ1) is 12.0. The van der Waals surface area contributed by atoms with E-state index < -0.39 is 12.0 Å². The van der Waals surface area contributed by atoms with Crippen LogP contribution in [0.1, 0.15) is 39.0 Å². The van der Waals surface area contributed by atoms with Crippen LogP contribution < -0.4 is 11.1 Å². The molecule has 5 heteroatoms. The van der Waals surface area contributed by atoms with E-state index in [-0.39, 0.29) is 17.9 Å². The van der Waals surface area contributed by atoms with Gasteiger partial charge < -0.3 is 16.2 Å². The van der Waals surface area contributed by atoms with Crippen LogP contribution in [-0.4, -0.2) is 28.6 Å². The van der Waals surface area contributed by atoms with Crippen molar-refractivity contribution < 1.29 is 14.7 Å². The summed E-state index contributed by atoms with van der Waals surface area (Å²) in [6.07, 6.45) is 3.38. The molecule has 4 N–H and O–H groups in total. The summed E-state index contributed by atoms with van der Waals surface area (Å²) in [4.78, 5) is 22.1. The van der Waals surface area contributed by atoms with Crippen molar-refractivity contribution in [1.29, 1.82) is 0 Å². The summed E-state index contributed by atoms with van der Waals surface area (Å²) < 4.78 is 0. The van der Waals surface area contributed by atoms with Gasteiger partial charge in [-0.2, -0.15) is 0 Å². The van der Waals surface area contributed by atoms with Gasteiger partial charge in [-0.1, -0.05) is 6.92 Å². The summed E-state index contributed by atoms with van der Waals surface area (Å²) in [6.45, 7) is 1.72. The van der Waals surface area contributed by atoms with Crippen LogP contribution in [0.5, 0.6) is 0 Å². The minimum Gasteiger partial charge on any atom is -0.480 e. The molecule has 5 nitrogen and oxygen atoms in total. The summed E-state index contributed by atoms with van der Waals surface area (Å²) >= 11 is 0. The lowest BCUT2D eigenvalue weighted by atomic mass is 9.75. The zero-order chi connectivity index (χ0) is 11.5. The second-order valence-electron chi connectivity index (χ2n) is 4.26. The molecule has 1 aliphatic rings. The van der Waals surface area contributed by atoms with Crippen LogP contribution in [0.15, 0.2) is 0 Å².